The number of carbonyl (C=O) groups is 1. The first kappa shape index (κ1) is 20.7. The van der Waals surface area contributed by atoms with Crippen LogP contribution in [0.2, 0.25) is 0 Å². The van der Waals surface area contributed by atoms with E-state index in [4.69, 9.17) is 4.74 Å². The van der Waals surface area contributed by atoms with Crippen molar-refractivity contribution in [2.45, 2.75) is 31.7 Å². The van der Waals surface area contributed by atoms with Crippen LogP contribution in [0.1, 0.15) is 37.3 Å². The smallest absolute Gasteiger partial charge is 0.236 e. The molecule has 6 heteroatoms. The molecule has 2 fully saturated rings. The number of benzene rings is 1. The second-order valence-corrected chi connectivity index (χ2v) is 8.16. The highest BCUT2D eigenvalue weighted by atomic mass is 16.5. The third-order valence-electron chi connectivity index (χ3n) is 6.31. The molecule has 160 valence electrons. The minimum absolute atomic E-state index is 0.246. The summed E-state index contributed by atoms with van der Waals surface area (Å²) in [5.74, 6) is 2.12. The number of pyridine rings is 1. The zero-order chi connectivity index (χ0) is 20.8. The predicted molar refractivity (Wildman–Crippen MR) is 119 cm³/mol. The normalized spacial score (nSPS) is 20.6. The van der Waals surface area contributed by atoms with Crippen LogP contribution in [-0.2, 0) is 4.79 Å². The molecule has 1 aromatic carbocycles. The Morgan fingerprint density at radius 1 is 1.00 bits per heavy atom. The second kappa shape index (κ2) is 9.94. The van der Waals surface area contributed by atoms with Crippen molar-refractivity contribution in [1.29, 1.82) is 0 Å². The summed E-state index contributed by atoms with van der Waals surface area (Å²) in [4.78, 5) is 24.2. The molecule has 0 radical (unpaired) electrons. The lowest BCUT2D eigenvalue weighted by Crippen LogP contribution is -2.51. The maximum atomic E-state index is 13.1. The summed E-state index contributed by atoms with van der Waals surface area (Å²) in [6.07, 6.45) is 6.54. The highest BCUT2D eigenvalue weighted by molar-refractivity contribution is 5.78. The lowest BCUT2D eigenvalue weighted by atomic mass is 10.0. The fourth-order valence-corrected chi connectivity index (χ4v) is 4.56. The first-order chi connectivity index (χ1) is 14.7. The fourth-order valence-electron chi connectivity index (χ4n) is 4.56. The number of hydrogen-bond acceptors (Lipinski definition) is 5. The maximum Gasteiger partial charge on any atom is 0.236 e. The third-order valence-corrected chi connectivity index (χ3v) is 6.31. The number of methoxy groups -OCH3 is 1. The number of likely N-dealkylation sites (tertiary alicyclic amines) is 1. The molecule has 2 aliphatic heterocycles. The van der Waals surface area contributed by atoms with Gasteiger partial charge in [0.1, 0.15) is 11.6 Å². The second-order valence-electron chi connectivity index (χ2n) is 8.16. The molecule has 2 saturated heterocycles. The SMILES string of the molecule is COc1ccc([C@@H]2CCCCCN2CC(=O)N2CCN(c3ccccn3)CC2)cc1. The average molecular weight is 409 g/mol. The van der Waals surface area contributed by atoms with Gasteiger partial charge in [0.25, 0.3) is 0 Å². The van der Waals surface area contributed by atoms with Gasteiger partial charge in [0.15, 0.2) is 0 Å². The Bertz CT molecular complexity index is 804. The van der Waals surface area contributed by atoms with Crippen molar-refractivity contribution in [2.75, 3.05) is 51.3 Å². The van der Waals surface area contributed by atoms with Crippen molar-refractivity contribution in [3.8, 4) is 5.75 Å². The summed E-state index contributed by atoms with van der Waals surface area (Å²) in [5, 5.41) is 0. The molecular weight excluding hydrogens is 376 g/mol. The lowest BCUT2D eigenvalue weighted by molar-refractivity contribution is -0.133. The van der Waals surface area contributed by atoms with E-state index < -0.39 is 0 Å². The van der Waals surface area contributed by atoms with Crippen molar-refractivity contribution in [3.05, 3.63) is 54.2 Å². The minimum Gasteiger partial charge on any atom is -0.497 e. The Hall–Kier alpha value is -2.60. The van der Waals surface area contributed by atoms with Crippen LogP contribution in [-0.4, -0.2) is 67.1 Å². The summed E-state index contributed by atoms with van der Waals surface area (Å²) in [5.41, 5.74) is 1.28. The topological polar surface area (TPSA) is 48.9 Å². The largest absolute Gasteiger partial charge is 0.497 e. The maximum absolute atomic E-state index is 13.1. The molecule has 30 heavy (non-hydrogen) atoms. The first-order valence-electron chi connectivity index (χ1n) is 11.1. The molecule has 0 unspecified atom stereocenters. The molecular formula is C24H32N4O2. The molecule has 1 aromatic heterocycles. The van der Waals surface area contributed by atoms with Crippen LogP contribution < -0.4 is 9.64 Å². The number of aromatic nitrogens is 1. The van der Waals surface area contributed by atoms with Gasteiger partial charge in [-0.1, -0.05) is 31.0 Å². The summed E-state index contributed by atoms with van der Waals surface area (Å²) in [6.45, 7) is 4.68. The minimum atomic E-state index is 0.246. The number of amides is 1. The van der Waals surface area contributed by atoms with Gasteiger partial charge in [0.2, 0.25) is 5.91 Å². The van der Waals surface area contributed by atoms with Crippen LogP contribution in [0, 0.1) is 0 Å². The van der Waals surface area contributed by atoms with Crippen LogP contribution >= 0.6 is 0 Å². The summed E-state index contributed by atoms with van der Waals surface area (Å²) < 4.78 is 5.31. The Kier molecular flexibility index (Phi) is 6.84. The Balaban J connectivity index is 1.38. The van der Waals surface area contributed by atoms with Crippen LogP contribution in [0.5, 0.6) is 5.75 Å². The van der Waals surface area contributed by atoms with Gasteiger partial charge in [-0.2, -0.15) is 0 Å². The van der Waals surface area contributed by atoms with Gasteiger partial charge in [-0.05, 0) is 49.2 Å². The number of anilines is 1. The van der Waals surface area contributed by atoms with E-state index in [1.807, 2.05) is 41.4 Å². The molecule has 4 rings (SSSR count). The van der Waals surface area contributed by atoms with E-state index in [1.165, 1.54) is 18.4 Å². The van der Waals surface area contributed by atoms with Crippen molar-refractivity contribution in [1.82, 2.24) is 14.8 Å². The first-order valence-corrected chi connectivity index (χ1v) is 11.1. The molecule has 2 aliphatic rings. The lowest BCUT2D eigenvalue weighted by Gasteiger charge is -2.37. The number of ether oxygens (including phenoxy) is 1. The predicted octanol–water partition coefficient (Wildman–Crippen LogP) is 3.36. The van der Waals surface area contributed by atoms with Crippen molar-refractivity contribution < 1.29 is 9.53 Å². The molecule has 0 N–H and O–H groups in total. The summed E-state index contributed by atoms with van der Waals surface area (Å²) in [6, 6.07) is 14.6. The zero-order valence-electron chi connectivity index (χ0n) is 17.9. The van der Waals surface area contributed by atoms with E-state index in [2.05, 4.69) is 26.9 Å². The van der Waals surface area contributed by atoms with Crippen LogP contribution in [0.4, 0.5) is 5.82 Å². The molecule has 1 amide bonds. The van der Waals surface area contributed by atoms with Gasteiger partial charge in [-0.3, -0.25) is 9.69 Å². The van der Waals surface area contributed by atoms with E-state index in [0.717, 1.165) is 57.1 Å². The fraction of sp³-hybridized carbons (Fsp3) is 0.500. The third kappa shape index (κ3) is 4.93. The van der Waals surface area contributed by atoms with Crippen LogP contribution in [0.15, 0.2) is 48.7 Å². The van der Waals surface area contributed by atoms with Gasteiger partial charge in [-0.25, -0.2) is 4.98 Å². The molecule has 2 aromatic rings. The molecule has 3 heterocycles. The summed E-state index contributed by atoms with van der Waals surface area (Å²) in [7, 11) is 1.69. The number of carbonyl (C=O) groups excluding carboxylic acids is 1. The highest BCUT2D eigenvalue weighted by Gasteiger charge is 2.28. The van der Waals surface area contributed by atoms with Crippen molar-refractivity contribution >= 4 is 11.7 Å². The number of rotatable bonds is 5. The monoisotopic (exact) mass is 408 g/mol. The van der Waals surface area contributed by atoms with Crippen LogP contribution in [0.3, 0.4) is 0 Å². The Morgan fingerprint density at radius 2 is 1.80 bits per heavy atom. The van der Waals surface area contributed by atoms with Gasteiger partial charge >= 0.3 is 0 Å². The molecule has 6 nitrogen and oxygen atoms in total. The van der Waals surface area contributed by atoms with Crippen molar-refractivity contribution in [3.63, 3.8) is 0 Å². The molecule has 1 atom stereocenters. The standard InChI is InChI=1S/C24H32N4O2/c1-30-21-11-9-20(10-12-21)22-7-3-2-6-14-28(22)19-24(29)27-17-15-26(16-18-27)23-8-4-5-13-25-23/h4-5,8-13,22H,2-3,6-7,14-19H2,1H3/t22-/m0/s1. The Labute approximate surface area is 179 Å². The number of hydrogen-bond donors (Lipinski definition) is 0. The Morgan fingerprint density at radius 3 is 2.50 bits per heavy atom. The molecule has 0 aliphatic carbocycles. The molecule has 0 bridgehead atoms. The van der Waals surface area contributed by atoms with Gasteiger partial charge < -0.3 is 14.5 Å². The summed E-state index contributed by atoms with van der Waals surface area (Å²) >= 11 is 0. The van der Waals surface area contributed by atoms with E-state index in [0.29, 0.717) is 12.6 Å². The highest BCUT2D eigenvalue weighted by Crippen LogP contribution is 2.31. The average Bonchev–Trinajstić information content (AvgIpc) is 3.05. The molecule has 0 saturated carbocycles. The quantitative estimate of drug-likeness (QED) is 0.759. The van der Waals surface area contributed by atoms with E-state index >= 15 is 0 Å². The number of nitrogens with zero attached hydrogens (tertiary/aromatic N) is 4. The van der Waals surface area contributed by atoms with Gasteiger partial charge in [-0.15, -0.1) is 0 Å². The van der Waals surface area contributed by atoms with Gasteiger partial charge in [0.05, 0.1) is 13.7 Å². The number of piperazine rings is 1. The van der Waals surface area contributed by atoms with E-state index in [1.54, 1.807) is 7.11 Å². The van der Waals surface area contributed by atoms with E-state index in [9.17, 15) is 4.79 Å². The zero-order valence-corrected chi connectivity index (χ0v) is 17.9. The van der Waals surface area contributed by atoms with Gasteiger partial charge in [0, 0.05) is 38.4 Å². The van der Waals surface area contributed by atoms with Crippen molar-refractivity contribution in [2.24, 2.45) is 0 Å². The van der Waals surface area contributed by atoms with E-state index in [-0.39, 0.29) is 5.91 Å². The van der Waals surface area contributed by atoms with Crippen LogP contribution in [0.25, 0.3) is 0 Å². The molecule has 0 spiro atoms.